The third-order valence-corrected chi connectivity index (χ3v) is 2.59. The lowest BCUT2D eigenvalue weighted by atomic mass is 10.1. The first kappa shape index (κ1) is 12.2. The van der Waals surface area contributed by atoms with Gasteiger partial charge in [-0.15, -0.1) is 0 Å². The quantitative estimate of drug-likeness (QED) is 0.828. The minimum atomic E-state index is 0.302. The Morgan fingerprint density at radius 3 is 1.89 bits per heavy atom. The smallest absolute Gasteiger partial charge is 0.115 e. The monoisotopic (exact) mass is 236 g/mol. The summed E-state index contributed by atoms with van der Waals surface area (Å²) in [7, 11) is 0. The zero-order chi connectivity index (χ0) is 12.6. The second kappa shape index (κ2) is 6.45. The zero-order valence-electron chi connectivity index (χ0n) is 10.2. The van der Waals surface area contributed by atoms with Crippen LogP contribution in [0.3, 0.4) is 0 Å². The molecule has 0 aromatic heterocycles. The SMILES string of the molecule is Oc1ccc(C=CCC=Cc2ccccc2)cc1. The van der Waals surface area contributed by atoms with Gasteiger partial charge in [-0.1, -0.05) is 66.8 Å². The second-order valence-corrected chi connectivity index (χ2v) is 4.04. The summed E-state index contributed by atoms with van der Waals surface area (Å²) in [4.78, 5) is 0. The van der Waals surface area contributed by atoms with Crippen molar-refractivity contribution in [2.45, 2.75) is 6.42 Å². The number of aromatic hydroxyl groups is 1. The molecule has 0 unspecified atom stereocenters. The van der Waals surface area contributed by atoms with Gasteiger partial charge < -0.3 is 5.11 Å². The van der Waals surface area contributed by atoms with Crippen molar-refractivity contribution in [3.05, 3.63) is 77.9 Å². The molecule has 2 aromatic rings. The highest BCUT2D eigenvalue weighted by Crippen LogP contribution is 2.11. The fraction of sp³-hybridized carbons (Fsp3) is 0.0588. The van der Waals surface area contributed by atoms with Gasteiger partial charge in [0.15, 0.2) is 0 Å². The van der Waals surface area contributed by atoms with Crippen LogP contribution in [0, 0.1) is 0 Å². The van der Waals surface area contributed by atoms with Gasteiger partial charge in [0, 0.05) is 0 Å². The minimum Gasteiger partial charge on any atom is -0.508 e. The van der Waals surface area contributed by atoms with Crippen LogP contribution >= 0.6 is 0 Å². The van der Waals surface area contributed by atoms with Crippen LogP contribution in [-0.4, -0.2) is 5.11 Å². The summed E-state index contributed by atoms with van der Waals surface area (Å²) in [6.07, 6.45) is 9.30. The average molecular weight is 236 g/mol. The van der Waals surface area contributed by atoms with E-state index in [1.54, 1.807) is 12.1 Å². The molecule has 0 aliphatic rings. The van der Waals surface area contributed by atoms with Crippen LogP contribution in [0.5, 0.6) is 5.75 Å². The predicted octanol–water partition coefficient (Wildman–Crippen LogP) is 4.51. The molecule has 0 saturated heterocycles. The molecule has 0 atom stereocenters. The molecule has 2 rings (SSSR count). The Morgan fingerprint density at radius 1 is 0.722 bits per heavy atom. The fourth-order valence-electron chi connectivity index (χ4n) is 1.64. The number of phenols is 1. The number of phenolic OH excluding ortho intramolecular Hbond substituents is 1. The first-order valence-electron chi connectivity index (χ1n) is 6.02. The molecule has 0 fully saturated rings. The van der Waals surface area contributed by atoms with Crippen molar-refractivity contribution in [3.8, 4) is 5.75 Å². The van der Waals surface area contributed by atoms with Crippen LogP contribution in [0.2, 0.25) is 0 Å². The van der Waals surface area contributed by atoms with Gasteiger partial charge in [0.2, 0.25) is 0 Å². The van der Waals surface area contributed by atoms with Crippen LogP contribution in [-0.2, 0) is 0 Å². The summed E-state index contributed by atoms with van der Waals surface area (Å²) >= 11 is 0. The van der Waals surface area contributed by atoms with E-state index in [0.29, 0.717) is 5.75 Å². The molecule has 0 heterocycles. The first-order valence-corrected chi connectivity index (χ1v) is 6.02. The highest BCUT2D eigenvalue weighted by molar-refractivity contribution is 5.52. The van der Waals surface area contributed by atoms with Crippen molar-refractivity contribution in [1.82, 2.24) is 0 Å². The summed E-state index contributed by atoms with van der Waals surface area (Å²) in [6.45, 7) is 0. The van der Waals surface area contributed by atoms with Crippen molar-refractivity contribution >= 4 is 12.2 Å². The molecule has 2 aromatic carbocycles. The van der Waals surface area contributed by atoms with Gasteiger partial charge in [-0.2, -0.15) is 0 Å². The Morgan fingerprint density at radius 2 is 1.28 bits per heavy atom. The van der Waals surface area contributed by atoms with Crippen LogP contribution in [0.15, 0.2) is 66.7 Å². The number of allylic oxidation sites excluding steroid dienone is 2. The second-order valence-electron chi connectivity index (χ2n) is 4.04. The summed E-state index contributed by atoms with van der Waals surface area (Å²) in [5, 5.41) is 9.16. The van der Waals surface area contributed by atoms with Gasteiger partial charge in [-0.05, 0) is 29.7 Å². The van der Waals surface area contributed by atoms with E-state index in [9.17, 15) is 0 Å². The summed E-state index contributed by atoms with van der Waals surface area (Å²) in [5.41, 5.74) is 2.32. The Hall–Kier alpha value is -2.28. The summed E-state index contributed by atoms with van der Waals surface area (Å²) < 4.78 is 0. The van der Waals surface area contributed by atoms with Crippen molar-refractivity contribution in [1.29, 1.82) is 0 Å². The highest BCUT2D eigenvalue weighted by Gasteiger charge is 1.86. The Labute approximate surface area is 108 Å². The fourth-order valence-corrected chi connectivity index (χ4v) is 1.64. The molecule has 0 radical (unpaired) electrons. The normalized spacial score (nSPS) is 11.3. The predicted molar refractivity (Wildman–Crippen MR) is 77.2 cm³/mol. The molecule has 0 aliphatic carbocycles. The molecule has 0 bridgehead atoms. The van der Waals surface area contributed by atoms with Gasteiger partial charge in [0.05, 0.1) is 0 Å². The lowest BCUT2D eigenvalue weighted by Gasteiger charge is -1.93. The largest absolute Gasteiger partial charge is 0.508 e. The van der Waals surface area contributed by atoms with E-state index in [0.717, 1.165) is 12.0 Å². The Balaban J connectivity index is 1.85. The van der Waals surface area contributed by atoms with Gasteiger partial charge >= 0.3 is 0 Å². The van der Waals surface area contributed by atoms with E-state index in [1.807, 2.05) is 30.3 Å². The van der Waals surface area contributed by atoms with Gasteiger partial charge in [-0.3, -0.25) is 0 Å². The minimum absolute atomic E-state index is 0.302. The first-order chi connectivity index (χ1) is 8.84. The number of hydrogen-bond donors (Lipinski definition) is 1. The topological polar surface area (TPSA) is 20.2 Å². The summed E-state index contributed by atoms with van der Waals surface area (Å²) in [6, 6.07) is 17.4. The molecule has 18 heavy (non-hydrogen) atoms. The van der Waals surface area contributed by atoms with Crippen molar-refractivity contribution < 1.29 is 5.11 Å². The molecular weight excluding hydrogens is 220 g/mol. The number of benzene rings is 2. The molecule has 90 valence electrons. The van der Waals surface area contributed by atoms with Crippen molar-refractivity contribution in [2.75, 3.05) is 0 Å². The van der Waals surface area contributed by atoms with E-state index in [4.69, 9.17) is 5.11 Å². The maximum Gasteiger partial charge on any atom is 0.115 e. The van der Waals surface area contributed by atoms with Gasteiger partial charge in [0.1, 0.15) is 5.75 Å². The van der Waals surface area contributed by atoms with E-state index in [1.165, 1.54) is 5.56 Å². The van der Waals surface area contributed by atoms with Crippen molar-refractivity contribution in [2.24, 2.45) is 0 Å². The maximum absolute atomic E-state index is 9.16. The molecule has 0 spiro atoms. The molecule has 1 nitrogen and oxygen atoms in total. The lowest BCUT2D eigenvalue weighted by Crippen LogP contribution is -1.70. The highest BCUT2D eigenvalue weighted by atomic mass is 16.3. The van der Waals surface area contributed by atoms with Crippen LogP contribution < -0.4 is 0 Å². The third-order valence-electron chi connectivity index (χ3n) is 2.59. The van der Waals surface area contributed by atoms with E-state index in [2.05, 4.69) is 36.4 Å². The Kier molecular flexibility index (Phi) is 4.37. The van der Waals surface area contributed by atoms with E-state index < -0.39 is 0 Å². The Bertz CT molecular complexity index is 521. The standard InChI is InChI=1S/C17H16O/c18-17-13-11-16(12-14-17)10-6-2-5-9-15-7-3-1-4-8-15/h1,3-14,18H,2H2. The molecule has 1 N–H and O–H groups in total. The van der Waals surface area contributed by atoms with Gasteiger partial charge in [0.25, 0.3) is 0 Å². The summed E-state index contributed by atoms with van der Waals surface area (Å²) in [5.74, 6) is 0.302. The van der Waals surface area contributed by atoms with E-state index >= 15 is 0 Å². The van der Waals surface area contributed by atoms with Gasteiger partial charge in [-0.25, -0.2) is 0 Å². The molecule has 1 heteroatoms. The van der Waals surface area contributed by atoms with Crippen LogP contribution in [0.25, 0.3) is 12.2 Å². The van der Waals surface area contributed by atoms with Crippen molar-refractivity contribution in [3.63, 3.8) is 0 Å². The number of rotatable bonds is 4. The van der Waals surface area contributed by atoms with Crippen LogP contribution in [0.4, 0.5) is 0 Å². The third kappa shape index (κ3) is 3.95. The molecular formula is C17H16O. The lowest BCUT2D eigenvalue weighted by molar-refractivity contribution is 0.475. The zero-order valence-corrected chi connectivity index (χ0v) is 10.2. The van der Waals surface area contributed by atoms with Crippen LogP contribution in [0.1, 0.15) is 17.5 Å². The molecule has 0 saturated carbocycles. The maximum atomic E-state index is 9.16. The molecule has 0 aliphatic heterocycles. The molecule has 0 amide bonds. The van der Waals surface area contributed by atoms with E-state index in [-0.39, 0.29) is 0 Å². The number of hydrogen-bond acceptors (Lipinski definition) is 1. The average Bonchev–Trinajstić information content (AvgIpc) is 2.42.